The molecule has 0 aliphatic rings. The van der Waals surface area contributed by atoms with E-state index < -0.39 is 10.0 Å². The zero-order chi connectivity index (χ0) is 20.9. The molecule has 0 atom stereocenters. The highest BCUT2D eigenvalue weighted by Crippen LogP contribution is 2.20. The SMILES string of the molecule is CCNS(=O)(=O)c1ccc(C)c(C(=O)N(Cc2ccccc2)Cc2ccco2)c1. The number of hydrogen-bond donors (Lipinski definition) is 1. The van der Waals surface area contributed by atoms with Crippen molar-refractivity contribution in [3.63, 3.8) is 0 Å². The zero-order valence-corrected chi connectivity index (χ0v) is 17.3. The van der Waals surface area contributed by atoms with E-state index in [1.54, 1.807) is 37.1 Å². The molecule has 7 heteroatoms. The van der Waals surface area contributed by atoms with Crippen LogP contribution in [-0.4, -0.2) is 25.8 Å². The highest BCUT2D eigenvalue weighted by molar-refractivity contribution is 7.89. The highest BCUT2D eigenvalue weighted by atomic mass is 32.2. The third-order valence-corrected chi connectivity index (χ3v) is 6.06. The molecule has 0 saturated carbocycles. The van der Waals surface area contributed by atoms with Crippen molar-refractivity contribution in [2.45, 2.75) is 31.8 Å². The summed E-state index contributed by atoms with van der Waals surface area (Å²) in [5, 5.41) is 0. The van der Waals surface area contributed by atoms with Crippen LogP contribution >= 0.6 is 0 Å². The topological polar surface area (TPSA) is 79.6 Å². The van der Waals surface area contributed by atoms with Gasteiger partial charge >= 0.3 is 0 Å². The Kier molecular flexibility index (Phi) is 6.51. The minimum absolute atomic E-state index is 0.0750. The van der Waals surface area contributed by atoms with Crippen LogP contribution in [0.5, 0.6) is 0 Å². The van der Waals surface area contributed by atoms with Crippen molar-refractivity contribution < 1.29 is 17.6 Å². The maximum absolute atomic E-state index is 13.4. The van der Waals surface area contributed by atoms with Gasteiger partial charge in [-0.05, 0) is 42.3 Å². The minimum Gasteiger partial charge on any atom is -0.467 e. The van der Waals surface area contributed by atoms with Gasteiger partial charge in [0.25, 0.3) is 5.91 Å². The molecule has 0 unspecified atom stereocenters. The summed E-state index contributed by atoms with van der Waals surface area (Å²) in [6, 6.07) is 17.8. The molecule has 0 radical (unpaired) electrons. The lowest BCUT2D eigenvalue weighted by Gasteiger charge is -2.23. The van der Waals surface area contributed by atoms with Crippen molar-refractivity contribution in [3.8, 4) is 0 Å². The molecule has 0 aliphatic heterocycles. The molecular weight excluding hydrogens is 388 g/mol. The summed E-state index contributed by atoms with van der Waals surface area (Å²) in [7, 11) is -3.66. The van der Waals surface area contributed by atoms with Crippen molar-refractivity contribution in [1.29, 1.82) is 0 Å². The second-order valence-electron chi connectivity index (χ2n) is 6.70. The molecule has 6 nitrogen and oxygen atoms in total. The Morgan fingerprint density at radius 3 is 2.45 bits per heavy atom. The fourth-order valence-corrected chi connectivity index (χ4v) is 4.10. The van der Waals surface area contributed by atoms with Crippen molar-refractivity contribution >= 4 is 15.9 Å². The third-order valence-electron chi connectivity index (χ3n) is 4.51. The van der Waals surface area contributed by atoms with Crippen molar-refractivity contribution in [3.05, 3.63) is 89.4 Å². The van der Waals surface area contributed by atoms with Crippen molar-refractivity contribution in [1.82, 2.24) is 9.62 Å². The lowest BCUT2D eigenvalue weighted by molar-refractivity contribution is 0.0716. The second-order valence-corrected chi connectivity index (χ2v) is 8.47. The van der Waals surface area contributed by atoms with Crippen LogP contribution in [0.15, 0.2) is 76.2 Å². The number of rotatable bonds is 8. The molecule has 0 aliphatic carbocycles. The van der Waals surface area contributed by atoms with E-state index in [1.807, 2.05) is 36.4 Å². The molecule has 0 bridgehead atoms. The predicted octanol–water partition coefficient (Wildman–Crippen LogP) is 3.73. The molecular formula is C22H24N2O4S. The number of sulfonamides is 1. The lowest BCUT2D eigenvalue weighted by atomic mass is 10.1. The van der Waals surface area contributed by atoms with Crippen molar-refractivity contribution in [2.75, 3.05) is 6.54 Å². The van der Waals surface area contributed by atoms with Crippen LogP contribution in [0.4, 0.5) is 0 Å². The molecule has 0 saturated heterocycles. The minimum atomic E-state index is -3.66. The van der Waals surface area contributed by atoms with Crippen LogP contribution in [0.1, 0.15) is 34.2 Å². The Morgan fingerprint density at radius 1 is 1.03 bits per heavy atom. The fraction of sp³-hybridized carbons (Fsp3) is 0.227. The summed E-state index contributed by atoms with van der Waals surface area (Å²) in [4.78, 5) is 15.1. The van der Waals surface area contributed by atoms with Gasteiger partial charge in [-0.25, -0.2) is 13.1 Å². The third kappa shape index (κ3) is 5.13. The molecule has 1 aromatic heterocycles. The quantitative estimate of drug-likeness (QED) is 0.611. The van der Waals surface area contributed by atoms with E-state index in [0.717, 1.165) is 5.56 Å². The Hall–Kier alpha value is -2.90. The van der Waals surface area contributed by atoms with Crippen LogP contribution in [-0.2, 0) is 23.1 Å². The molecule has 0 spiro atoms. The van der Waals surface area contributed by atoms with Gasteiger partial charge in [0.05, 0.1) is 17.7 Å². The van der Waals surface area contributed by atoms with Gasteiger partial charge < -0.3 is 9.32 Å². The number of furan rings is 1. The number of carbonyl (C=O) groups excluding carboxylic acids is 1. The van der Waals surface area contributed by atoms with E-state index in [-0.39, 0.29) is 23.9 Å². The molecule has 1 heterocycles. The summed E-state index contributed by atoms with van der Waals surface area (Å²) in [6.45, 7) is 4.44. The summed E-state index contributed by atoms with van der Waals surface area (Å²) in [5.41, 5.74) is 2.04. The Bertz CT molecular complexity index is 1060. The number of nitrogens with zero attached hydrogens (tertiary/aromatic N) is 1. The number of aryl methyl sites for hydroxylation is 1. The first-order chi connectivity index (χ1) is 13.9. The van der Waals surface area contributed by atoms with Gasteiger partial charge in [0.15, 0.2) is 0 Å². The summed E-state index contributed by atoms with van der Waals surface area (Å²) < 4.78 is 32.7. The first-order valence-corrected chi connectivity index (χ1v) is 10.8. The van der Waals surface area contributed by atoms with Crippen LogP contribution in [0, 0.1) is 6.92 Å². The number of benzene rings is 2. The van der Waals surface area contributed by atoms with E-state index in [0.29, 0.717) is 23.4 Å². The first kappa shape index (κ1) is 20.8. The van der Waals surface area contributed by atoms with Crippen LogP contribution in [0.2, 0.25) is 0 Å². The summed E-state index contributed by atoms with van der Waals surface area (Å²) in [6.07, 6.45) is 1.56. The summed E-state index contributed by atoms with van der Waals surface area (Å²) >= 11 is 0. The maximum atomic E-state index is 13.4. The van der Waals surface area contributed by atoms with E-state index in [1.165, 1.54) is 12.1 Å². The molecule has 1 N–H and O–H groups in total. The predicted molar refractivity (Wildman–Crippen MR) is 111 cm³/mol. The smallest absolute Gasteiger partial charge is 0.254 e. The van der Waals surface area contributed by atoms with E-state index in [2.05, 4.69) is 4.72 Å². The molecule has 1 amide bonds. The number of nitrogens with one attached hydrogen (secondary N) is 1. The van der Waals surface area contributed by atoms with Gasteiger partial charge in [-0.3, -0.25) is 4.79 Å². The molecule has 3 rings (SSSR count). The van der Waals surface area contributed by atoms with E-state index in [9.17, 15) is 13.2 Å². The second kappa shape index (κ2) is 9.07. The molecule has 152 valence electrons. The Balaban J connectivity index is 1.96. The number of hydrogen-bond acceptors (Lipinski definition) is 4. The van der Waals surface area contributed by atoms with Crippen LogP contribution in [0.25, 0.3) is 0 Å². The van der Waals surface area contributed by atoms with Gasteiger partial charge in [-0.1, -0.05) is 43.3 Å². The number of carbonyl (C=O) groups is 1. The largest absolute Gasteiger partial charge is 0.467 e. The van der Waals surface area contributed by atoms with Gasteiger partial charge in [0.2, 0.25) is 10.0 Å². The average Bonchev–Trinajstić information content (AvgIpc) is 3.21. The average molecular weight is 413 g/mol. The van der Waals surface area contributed by atoms with Crippen LogP contribution < -0.4 is 4.72 Å². The van der Waals surface area contributed by atoms with Gasteiger partial charge in [0, 0.05) is 18.7 Å². The zero-order valence-electron chi connectivity index (χ0n) is 16.5. The Morgan fingerprint density at radius 2 is 1.79 bits per heavy atom. The van der Waals surface area contributed by atoms with E-state index in [4.69, 9.17) is 4.42 Å². The molecule has 2 aromatic carbocycles. The van der Waals surface area contributed by atoms with Gasteiger partial charge in [-0.2, -0.15) is 0 Å². The molecule has 29 heavy (non-hydrogen) atoms. The van der Waals surface area contributed by atoms with Gasteiger partial charge in [-0.15, -0.1) is 0 Å². The lowest BCUT2D eigenvalue weighted by Crippen LogP contribution is -2.31. The van der Waals surface area contributed by atoms with Crippen LogP contribution in [0.3, 0.4) is 0 Å². The van der Waals surface area contributed by atoms with E-state index >= 15 is 0 Å². The molecule has 3 aromatic rings. The highest BCUT2D eigenvalue weighted by Gasteiger charge is 2.22. The Labute approximate surface area is 171 Å². The molecule has 0 fully saturated rings. The standard InChI is InChI=1S/C22H24N2O4S/c1-3-23-29(26,27)20-12-11-17(2)21(14-20)22(25)24(16-19-10-7-13-28-19)15-18-8-5-4-6-9-18/h4-14,23H,3,15-16H2,1-2H3. The van der Waals surface area contributed by atoms with Gasteiger partial charge in [0.1, 0.15) is 5.76 Å². The normalized spacial score (nSPS) is 11.4. The maximum Gasteiger partial charge on any atom is 0.254 e. The summed E-state index contributed by atoms with van der Waals surface area (Å²) in [5.74, 6) is 0.402. The fourth-order valence-electron chi connectivity index (χ4n) is 3.04. The monoisotopic (exact) mass is 412 g/mol. The van der Waals surface area contributed by atoms with Crippen molar-refractivity contribution in [2.24, 2.45) is 0 Å². The number of amides is 1. The first-order valence-electron chi connectivity index (χ1n) is 9.36.